The predicted octanol–water partition coefficient (Wildman–Crippen LogP) is 3.83. The molecule has 1 saturated heterocycles. The number of pyridine rings is 1. The summed E-state index contributed by atoms with van der Waals surface area (Å²) in [6.07, 6.45) is 4.67. The zero-order valence-electron chi connectivity index (χ0n) is 18.6. The van der Waals surface area contributed by atoms with E-state index in [-0.39, 0.29) is 11.7 Å². The van der Waals surface area contributed by atoms with Crippen LogP contribution in [0.5, 0.6) is 0 Å². The van der Waals surface area contributed by atoms with Crippen LogP contribution in [0.3, 0.4) is 0 Å². The molecule has 35 heavy (non-hydrogen) atoms. The number of nitrogens with one attached hydrogen (secondary N) is 2. The van der Waals surface area contributed by atoms with E-state index in [1.165, 1.54) is 0 Å². The minimum absolute atomic E-state index is 0.239. The molecule has 0 bridgehead atoms. The van der Waals surface area contributed by atoms with E-state index in [2.05, 4.69) is 41.0 Å². The molecule has 2 aromatic carbocycles. The summed E-state index contributed by atoms with van der Waals surface area (Å²) in [5.74, 6) is 1.26. The number of aliphatic hydroxyl groups is 1. The van der Waals surface area contributed by atoms with Gasteiger partial charge in [-0.05, 0) is 58.6 Å². The number of benzene rings is 2. The third kappa shape index (κ3) is 3.75. The Bertz CT molecular complexity index is 1620. The number of nitrogen functional groups attached to an aromatic ring is 1. The molecule has 0 amide bonds. The molecule has 1 aliphatic heterocycles. The van der Waals surface area contributed by atoms with Crippen molar-refractivity contribution >= 4 is 49.2 Å². The summed E-state index contributed by atoms with van der Waals surface area (Å²) in [4.78, 5) is 27.5. The zero-order valence-corrected chi connectivity index (χ0v) is 20.2. The molecule has 9 nitrogen and oxygen atoms in total. The first kappa shape index (κ1) is 21.8. The molecule has 5 N–H and O–H groups in total. The second-order valence-electron chi connectivity index (χ2n) is 8.72. The summed E-state index contributed by atoms with van der Waals surface area (Å²) in [6, 6.07) is 11.5. The van der Waals surface area contributed by atoms with Crippen molar-refractivity contribution in [1.29, 1.82) is 0 Å². The maximum Gasteiger partial charge on any atom is 0.261 e. The number of aromatic nitrogens is 5. The van der Waals surface area contributed by atoms with Gasteiger partial charge in [-0.1, -0.05) is 12.1 Å². The predicted molar refractivity (Wildman–Crippen MR) is 140 cm³/mol. The molecular formula is C25H22BrN7O2. The Kier molecular flexibility index (Phi) is 5.27. The van der Waals surface area contributed by atoms with E-state index in [0.717, 1.165) is 53.8 Å². The van der Waals surface area contributed by atoms with Gasteiger partial charge in [0.1, 0.15) is 11.6 Å². The van der Waals surface area contributed by atoms with Crippen molar-refractivity contribution in [2.45, 2.75) is 18.9 Å². The molecule has 0 spiro atoms. The van der Waals surface area contributed by atoms with Crippen molar-refractivity contribution in [3.05, 3.63) is 63.6 Å². The lowest BCUT2D eigenvalue weighted by Crippen LogP contribution is -2.36. The number of rotatable bonds is 3. The van der Waals surface area contributed by atoms with Crippen molar-refractivity contribution in [3.8, 4) is 22.5 Å². The number of halogens is 1. The van der Waals surface area contributed by atoms with Crippen LogP contribution >= 0.6 is 15.9 Å². The number of aliphatic hydroxyl groups excluding tert-OH is 1. The maximum absolute atomic E-state index is 13.2. The highest BCUT2D eigenvalue weighted by atomic mass is 79.9. The fourth-order valence-corrected chi connectivity index (χ4v) is 5.19. The van der Waals surface area contributed by atoms with Crippen molar-refractivity contribution < 1.29 is 5.11 Å². The first-order chi connectivity index (χ1) is 17.0. The van der Waals surface area contributed by atoms with Crippen LogP contribution in [-0.2, 0) is 0 Å². The van der Waals surface area contributed by atoms with E-state index in [0.29, 0.717) is 32.5 Å². The van der Waals surface area contributed by atoms with E-state index in [1.807, 2.05) is 36.4 Å². The number of nitrogens with zero attached hydrogens (tertiary/aromatic N) is 4. The minimum Gasteiger partial charge on any atom is -0.398 e. The van der Waals surface area contributed by atoms with Crippen LogP contribution in [0.1, 0.15) is 12.8 Å². The molecule has 1 aliphatic rings. The lowest BCUT2D eigenvalue weighted by atomic mass is 9.98. The van der Waals surface area contributed by atoms with Crippen LogP contribution in [0.25, 0.3) is 44.3 Å². The molecule has 0 saturated carbocycles. The third-order valence-corrected chi connectivity index (χ3v) is 7.17. The molecule has 176 valence electrons. The molecule has 5 aromatic rings. The van der Waals surface area contributed by atoms with Crippen LogP contribution in [-0.4, -0.2) is 49.4 Å². The second-order valence-corrected chi connectivity index (χ2v) is 9.57. The highest BCUT2D eigenvalue weighted by Crippen LogP contribution is 2.38. The van der Waals surface area contributed by atoms with Crippen LogP contribution in [0.4, 0.5) is 11.5 Å². The molecule has 1 fully saturated rings. The standard InChI is InChI=1S/C25H22BrN7O2/c26-18-10-16(15-2-1-3-19-17(15)12-29-32-19)22(27)21-23(18)30-24(31-25(21)35)13-4-5-20(28-11-13)33-8-6-14(34)7-9-33/h1-5,10-12,14,34H,6-9,27H2,(H,29,32)(H,30,31,35). The lowest BCUT2D eigenvalue weighted by molar-refractivity contribution is 0.145. The van der Waals surface area contributed by atoms with Crippen molar-refractivity contribution in [3.63, 3.8) is 0 Å². The second kappa shape index (κ2) is 8.47. The highest BCUT2D eigenvalue weighted by Gasteiger charge is 2.20. The molecule has 6 rings (SSSR count). The number of piperidine rings is 1. The van der Waals surface area contributed by atoms with Gasteiger partial charge in [0, 0.05) is 40.3 Å². The fraction of sp³-hybridized carbons (Fsp3) is 0.200. The Morgan fingerprint density at radius 2 is 1.94 bits per heavy atom. The van der Waals surface area contributed by atoms with Gasteiger partial charge in [-0.25, -0.2) is 9.97 Å². The Morgan fingerprint density at radius 1 is 1.11 bits per heavy atom. The summed E-state index contributed by atoms with van der Waals surface area (Å²) >= 11 is 3.61. The van der Waals surface area contributed by atoms with Gasteiger partial charge >= 0.3 is 0 Å². The number of aromatic amines is 2. The van der Waals surface area contributed by atoms with Gasteiger partial charge < -0.3 is 20.7 Å². The van der Waals surface area contributed by atoms with Crippen molar-refractivity contribution in [2.24, 2.45) is 0 Å². The Labute approximate surface area is 208 Å². The number of anilines is 2. The number of nitrogens with two attached hydrogens (primary N) is 1. The van der Waals surface area contributed by atoms with Gasteiger partial charge in [-0.2, -0.15) is 5.10 Å². The minimum atomic E-state index is -0.321. The van der Waals surface area contributed by atoms with E-state index in [9.17, 15) is 9.90 Å². The molecule has 10 heteroatoms. The summed E-state index contributed by atoms with van der Waals surface area (Å²) in [6.45, 7) is 1.53. The molecule has 0 atom stereocenters. The first-order valence-electron chi connectivity index (χ1n) is 11.3. The number of fused-ring (bicyclic) bond motifs is 2. The average Bonchev–Trinajstić information content (AvgIpc) is 3.36. The molecule has 0 radical (unpaired) electrons. The normalized spacial score (nSPS) is 14.7. The zero-order chi connectivity index (χ0) is 24.1. The van der Waals surface area contributed by atoms with Gasteiger partial charge in [0.2, 0.25) is 0 Å². The van der Waals surface area contributed by atoms with Gasteiger partial charge in [0.05, 0.1) is 34.4 Å². The summed E-state index contributed by atoms with van der Waals surface area (Å²) in [7, 11) is 0. The maximum atomic E-state index is 13.2. The van der Waals surface area contributed by atoms with Gasteiger partial charge in [-0.3, -0.25) is 9.89 Å². The Morgan fingerprint density at radius 3 is 2.71 bits per heavy atom. The number of hydrogen-bond donors (Lipinski definition) is 4. The monoisotopic (exact) mass is 531 g/mol. The Hall–Kier alpha value is -3.76. The highest BCUT2D eigenvalue weighted by molar-refractivity contribution is 9.10. The van der Waals surface area contributed by atoms with Crippen molar-refractivity contribution in [2.75, 3.05) is 23.7 Å². The van der Waals surface area contributed by atoms with E-state index < -0.39 is 0 Å². The van der Waals surface area contributed by atoms with E-state index >= 15 is 0 Å². The van der Waals surface area contributed by atoms with Gasteiger partial charge in [0.25, 0.3) is 5.56 Å². The topological polar surface area (TPSA) is 137 Å². The van der Waals surface area contributed by atoms with Crippen LogP contribution < -0.4 is 16.2 Å². The first-order valence-corrected chi connectivity index (χ1v) is 12.1. The largest absolute Gasteiger partial charge is 0.398 e. The molecule has 0 aliphatic carbocycles. The van der Waals surface area contributed by atoms with Gasteiger partial charge in [-0.15, -0.1) is 0 Å². The van der Waals surface area contributed by atoms with Crippen LogP contribution in [0, 0.1) is 0 Å². The van der Waals surface area contributed by atoms with Crippen molar-refractivity contribution in [1.82, 2.24) is 25.1 Å². The summed E-state index contributed by atoms with van der Waals surface area (Å²) in [5, 5.41) is 18.1. The van der Waals surface area contributed by atoms with Gasteiger partial charge in [0.15, 0.2) is 0 Å². The van der Waals surface area contributed by atoms with E-state index in [1.54, 1.807) is 12.4 Å². The number of H-pyrrole nitrogens is 2. The smallest absolute Gasteiger partial charge is 0.261 e. The Balaban J connectivity index is 1.42. The average molecular weight is 532 g/mol. The molecule has 3 aromatic heterocycles. The SMILES string of the molecule is Nc1c(-c2cccc3[nH]ncc23)cc(Br)c2nc(-c3ccc(N4CCC(O)CC4)nc3)[nH]c(=O)c12. The number of hydrogen-bond acceptors (Lipinski definition) is 7. The van der Waals surface area contributed by atoms with Crippen LogP contribution in [0.15, 0.2) is 58.1 Å². The fourth-order valence-electron chi connectivity index (χ4n) is 4.67. The van der Waals surface area contributed by atoms with E-state index in [4.69, 9.17) is 10.7 Å². The summed E-state index contributed by atoms with van der Waals surface area (Å²) in [5.41, 5.74) is 10.3. The molecular weight excluding hydrogens is 510 g/mol. The third-order valence-electron chi connectivity index (χ3n) is 6.56. The molecule has 0 unspecified atom stereocenters. The van der Waals surface area contributed by atoms with Crippen LogP contribution in [0.2, 0.25) is 0 Å². The lowest BCUT2D eigenvalue weighted by Gasteiger charge is -2.30. The summed E-state index contributed by atoms with van der Waals surface area (Å²) < 4.78 is 0.668. The molecule has 4 heterocycles. The quantitative estimate of drug-likeness (QED) is 0.259.